The van der Waals surface area contributed by atoms with Crippen LogP contribution in [0, 0.1) is 11.7 Å². The molecule has 0 radical (unpaired) electrons. The Morgan fingerprint density at radius 1 is 1.19 bits per heavy atom. The van der Waals surface area contributed by atoms with Crippen LogP contribution in [0.15, 0.2) is 30.5 Å². The number of hydrogen-bond donors (Lipinski definition) is 2. The minimum atomic E-state index is -4.67. The fraction of sp³-hybridized carbons (Fsp3) is 0.455. The average Bonchev–Trinajstić information content (AvgIpc) is 2.71. The van der Waals surface area contributed by atoms with E-state index in [0.717, 1.165) is 25.0 Å². The molecular weight excluding hydrogens is 414 g/mol. The molecule has 1 saturated heterocycles. The van der Waals surface area contributed by atoms with Crippen molar-refractivity contribution in [3.8, 4) is 0 Å². The van der Waals surface area contributed by atoms with Gasteiger partial charge in [-0.3, -0.25) is 4.79 Å². The highest BCUT2D eigenvalue weighted by molar-refractivity contribution is 5.95. The summed E-state index contributed by atoms with van der Waals surface area (Å²) in [5, 5.41) is 5.64. The van der Waals surface area contributed by atoms with Crippen LogP contribution in [0.5, 0.6) is 0 Å². The number of halogens is 4. The molecule has 0 unspecified atom stereocenters. The van der Waals surface area contributed by atoms with Crippen LogP contribution >= 0.6 is 0 Å². The first kappa shape index (κ1) is 23.0. The van der Waals surface area contributed by atoms with Crippen molar-refractivity contribution in [2.75, 3.05) is 25.1 Å². The van der Waals surface area contributed by atoms with Gasteiger partial charge in [-0.15, -0.1) is 0 Å². The molecule has 1 aliphatic heterocycles. The maximum Gasteiger partial charge on any atom is 0.416 e. The van der Waals surface area contributed by atoms with Gasteiger partial charge in [0.1, 0.15) is 11.6 Å². The predicted octanol–water partition coefficient (Wildman–Crippen LogP) is 5.26. The maximum absolute atomic E-state index is 13.7. The number of amides is 1. The summed E-state index contributed by atoms with van der Waals surface area (Å²) in [5.41, 5.74) is -0.0771. The summed E-state index contributed by atoms with van der Waals surface area (Å²) in [7, 11) is 0. The Morgan fingerprint density at radius 3 is 2.55 bits per heavy atom. The molecule has 3 rings (SSSR count). The normalized spacial score (nSPS) is 15.2. The third kappa shape index (κ3) is 6.16. The Bertz CT molecular complexity index is 925. The van der Waals surface area contributed by atoms with Crippen molar-refractivity contribution < 1.29 is 27.1 Å². The molecule has 9 heteroatoms. The van der Waals surface area contributed by atoms with Crippen molar-refractivity contribution in [3.63, 3.8) is 0 Å². The van der Waals surface area contributed by atoms with E-state index >= 15 is 0 Å². The van der Waals surface area contributed by atoms with Gasteiger partial charge in [0.2, 0.25) is 0 Å². The molecule has 2 heterocycles. The Balaban J connectivity index is 1.77. The van der Waals surface area contributed by atoms with Crippen LogP contribution in [0.4, 0.5) is 29.1 Å². The number of hydrogen-bond acceptors (Lipinski definition) is 4. The number of rotatable bonds is 6. The molecule has 0 atom stereocenters. The lowest BCUT2D eigenvalue weighted by Crippen LogP contribution is -2.32. The first-order chi connectivity index (χ1) is 14.6. The SMILES string of the molecule is CC(C)c1cc(Nc2cc(F)cc(C(F)(F)F)c2)ncc1C(=O)NCC1CCOCC1. The van der Waals surface area contributed by atoms with Gasteiger partial charge < -0.3 is 15.4 Å². The summed E-state index contributed by atoms with van der Waals surface area (Å²) in [6, 6.07) is 3.81. The van der Waals surface area contributed by atoms with Crippen LogP contribution in [0.2, 0.25) is 0 Å². The molecule has 0 spiro atoms. The monoisotopic (exact) mass is 439 g/mol. The average molecular weight is 439 g/mol. The number of anilines is 2. The first-order valence-corrected chi connectivity index (χ1v) is 10.1. The summed E-state index contributed by atoms with van der Waals surface area (Å²) < 4.78 is 57.8. The molecule has 5 nitrogen and oxygen atoms in total. The molecule has 31 heavy (non-hydrogen) atoms. The zero-order valence-electron chi connectivity index (χ0n) is 17.4. The minimum absolute atomic E-state index is 0.0365. The fourth-order valence-electron chi connectivity index (χ4n) is 3.46. The van der Waals surface area contributed by atoms with Gasteiger partial charge in [0, 0.05) is 31.6 Å². The van der Waals surface area contributed by atoms with Crippen LogP contribution in [0.3, 0.4) is 0 Å². The Kier molecular flexibility index (Phi) is 7.15. The molecule has 1 aromatic heterocycles. The fourth-order valence-corrected chi connectivity index (χ4v) is 3.46. The molecule has 0 aliphatic carbocycles. The van der Waals surface area contributed by atoms with E-state index in [-0.39, 0.29) is 23.3 Å². The van der Waals surface area contributed by atoms with Crippen LogP contribution in [0.25, 0.3) is 0 Å². The van der Waals surface area contributed by atoms with Crippen molar-refractivity contribution in [1.82, 2.24) is 10.3 Å². The van der Waals surface area contributed by atoms with E-state index in [2.05, 4.69) is 15.6 Å². The summed E-state index contributed by atoms with van der Waals surface area (Å²) in [6.07, 6.45) is -1.49. The van der Waals surface area contributed by atoms with E-state index in [9.17, 15) is 22.4 Å². The standard InChI is InChI=1S/C22H25F4N3O2/c1-13(2)18-10-20(29-17-8-15(22(24,25)26)7-16(23)9-17)27-12-19(18)21(30)28-11-14-3-5-31-6-4-14/h7-10,12-14H,3-6,11H2,1-2H3,(H,27,29)(H,28,30). The van der Waals surface area contributed by atoms with Gasteiger partial charge in [-0.1, -0.05) is 13.8 Å². The van der Waals surface area contributed by atoms with Gasteiger partial charge in [0.15, 0.2) is 0 Å². The number of nitrogens with zero attached hydrogens (tertiary/aromatic N) is 1. The van der Waals surface area contributed by atoms with E-state index in [1.165, 1.54) is 6.20 Å². The molecule has 2 N–H and O–H groups in total. The zero-order valence-corrected chi connectivity index (χ0v) is 17.4. The number of pyridine rings is 1. The molecule has 1 aromatic carbocycles. The number of alkyl halides is 3. The third-order valence-corrected chi connectivity index (χ3v) is 5.19. The zero-order chi connectivity index (χ0) is 22.6. The van der Waals surface area contributed by atoms with Gasteiger partial charge in [-0.2, -0.15) is 13.2 Å². The second-order valence-electron chi connectivity index (χ2n) is 7.93. The number of carbonyl (C=O) groups excluding carboxylic acids is 1. The Hall–Kier alpha value is -2.68. The highest BCUT2D eigenvalue weighted by atomic mass is 19.4. The number of ether oxygens (including phenoxy) is 1. The Labute approximate surface area is 178 Å². The van der Waals surface area contributed by atoms with Crippen molar-refractivity contribution in [1.29, 1.82) is 0 Å². The predicted molar refractivity (Wildman–Crippen MR) is 109 cm³/mol. The van der Waals surface area contributed by atoms with E-state index in [1.807, 2.05) is 13.8 Å². The van der Waals surface area contributed by atoms with Crippen molar-refractivity contribution in [2.24, 2.45) is 5.92 Å². The quantitative estimate of drug-likeness (QED) is 0.603. The topological polar surface area (TPSA) is 63.2 Å². The number of carbonyl (C=O) groups is 1. The number of aromatic nitrogens is 1. The first-order valence-electron chi connectivity index (χ1n) is 10.1. The smallest absolute Gasteiger partial charge is 0.381 e. The lowest BCUT2D eigenvalue weighted by molar-refractivity contribution is -0.137. The number of nitrogens with one attached hydrogen (secondary N) is 2. The molecule has 1 fully saturated rings. The van der Waals surface area contributed by atoms with Crippen LogP contribution in [0.1, 0.15) is 54.1 Å². The van der Waals surface area contributed by atoms with Gasteiger partial charge in [-0.25, -0.2) is 9.37 Å². The van der Waals surface area contributed by atoms with Crippen LogP contribution in [-0.4, -0.2) is 30.6 Å². The van der Waals surface area contributed by atoms with E-state index in [0.29, 0.717) is 42.9 Å². The van der Waals surface area contributed by atoms with Crippen molar-refractivity contribution in [2.45, 2.75) is 38.8 Å². The highest BCUT2D eigenvalue weighted by Gasteiger charge is 2.31. The maximum atomic E-state index is 13.7. The number of benzene rings is 1. The van der Waals surface area contributed by atoms with Crippen LogP contribution in [-0.2, 0) is 10.9 Å². The molecule has 168 valence electrons. The van der Waals surface area contributed by atoms with Crippen molar-refractivity contribution >= 4 is 17.4 Å². The second kappa shape index (κ2) is 9.64. The largest absolute Gasteiger partial charge is 0.416 e. The van der Waals surface area contributed by atoms with Gasteiger partial charge in [0.25, 0.3) is 5.91 Å². The van der Waals surface area contributed by atoms with E-state index in [1.54, 1.807) is 6.07 Å². The summed E-state index contributed by atoms with van der Waals surface area (Å²) in [4.78, 5) is 16.9. The lowest BCUT2D eigenvalue weighted by Gasteiger charge is -2.22. The molecule has 0 saturated carbocycles. The van der Waals surface area contributed by atoms with Crippen molar-refractivity contribution in [3.05, 3.63) is 53.0 Å². The molecule has 0 bridgehead atoms. The summed E-state index contributed by atoms with van der Waals surface area (Å²) in [6.45, 7) is 5.73. The summed E-state index contributed by atoms with van der Waals surface area (Å²) in [5.74, 6) is -0.705. The van der Waals surface area contributed by atoms with Gasteiger partial charge in [-0.05, 0) is 54.5 Å². The molecule has 2 aromatic rings. The third-order valence-electron chi connectivity index (χ3n) is 5.19. The van der Waals surface area contributed by atoms with Crippen LogP contribution < -0.4 is 10.6 Å². The second-order valence-corrected chi connectivity index (χ2v) is 7.93. The molecule has 1 amide bonds. The molecule has 1 aliphatic rings. The van der Waals surface area contributed by atoms with E-state index < -0.39 is 17.6 Å². The lowest BCUT2D eigenvalue weighted by atomic mass is 9.97. The van der Waals surface area contributed by atoms with E-state index in [4.69, 9.17) is 4.74 Å². The van der Waals surface area contributed by atoms with Gasteiger partial charge >= 0.3 is 6.18 Å². The minimum Gasteiger partial charge on any atom is -0.381 e. The Morgan fingerprint density at radius 2 is 1.90 bits per heavy atom. The molecular formula is C22H25F4N3O2. The highest BCUT2D eigenvalue weighted by Crippen LogP contribution is 2.32. The van der Waals surface area contributed by atoms with Gasteiger partial charge in [0.05, 0.1) is 11.1 Å². The summed E-state index contributed by atoms with van der Waals surface area (Å²) >= 11 is 0.